The van der Waals surface area contributed by atoms with Crippen LogP contribution < -0.4 is 0 Å². The SMILES string of the molecule is C=[SiH]OCc1ccc(-c2ccc(C)cc2)cc1C. The highest BCUT2D eigenvalue weighted by Gasteiger charge is 2.02. The van der Waals surface area contributed by atoms with Crippen LogP contribution in [-0.4, -0.2) is 15.6 Å². The molecule has 0 aromatic heterocycles. The minimum absolute atomic E-state index is 0.131. The van der Waals surface area contributed by atoms with E-state index in [4.69, 9.17) is 4.43 Å². The predicted octanol–water partition coefficient (Wildman–Crippen LogP) is 3.27. The minimum atomic E-state index is -0.131. The van der Waals surface area contributed by atoms with Crippen molar-refractivity contribution < 1.29 is 4.43 Å². The second-order valence-corrected chi connectivity index (χ2v) is 5.15. The first-order valence-corrected chi connectivity index (χ1v) is 7.38. The Labute approximate surface area is 111 Å². The Morgan fingerprint density at radius 2 is 1.67 bits per heavy atom. The molecule has 0 aliphatic rings. The maximum absolute atomic E-state index is 5.43. The van der Waals surface area contributed by atoms with E-state index in [2.05, 4.69) is 62.5 Å². The summed E-state index contributed by atoms with van der Waals surface area (Å²) in [5, 5.41) is 0. The largest absolute Gasteiger partial charge is 0.550 e. The van der Waals surface area contributed by atoms with E-state index in [1.54, 1.807) is 0 Å². The third-order valence-corrected chi connectivity index (χ3v) is 3.49. The lowest BCUT2D eigenvalue weighted by Crippen LogP contribution is -1.95. The first-order chi connectivity index (χ1) is 8.70. The minimum Gasteiger partial charge on any atom is -0.550 e. The first kappa shape index (κ1) is 12.8. The van der Waals surface area contributed by atoms with Gasteiger partial charge in [-0.25, -0.2) is 0 Å². The van der Waals surface area contributed by atoms with Crippen molar-refractivity contribution in [1.82, 2.24) is 0 Å². The molecule has 0 heterocycles. The van der Waals surface area contributed by atoms with Gasteiger partial charge in [0.05, 0.1) is 6.61 Å². The van der Waals surface area contributed by atoms with Gasteiger partial charge in [-0.15, -0.1) is 0 Å². The Kier molecular flexibility index (Phi) is 4.10. The molecule has 0 aliphatic carbocycles. The Bertz CT molecular complexity index is 544. The maximum atomic E-state index is 5.43. The van der Waals surface area contributed by atoms with Gasteiger partial charge in [0.15, 0.2) is 0 Å². The fraction of sp³-hybridized carbons (Fsp3) is 0.188. The number of hydrogen-bond donors (Lipinski definition) is 0. The van der Waals surface area contributed by atoms with Gasteiger partial charge in [0, 0.05) is 0 Å². The number of hydrogen-bond acceptors (Lipinski definition) is 1. The van der Waals surface area contributed by atoms with Gasteiger partial charge in [0.1, 0.15) is 0 Å². The average Bonchev–Trinajstić information content (AvgIpc) is 2.38. The highest BCUT2D eigenvalue weighted by Crippen LogP contribution is 2.23. The summed E-state index contributed by atoms with van der Waals surface area (Å²) in [6.45, 7) is 4.92. The van der Waals surface area contributed by atoms with E-state index >= 15 is 0 Å². The quantitative estimate of drug-likeness (QED) is 0.761. The molecule has 1 nitrogen and oxygen atoms in total. The Morgan fingerprint density at radius 3 is 2.28 bits per heavy atom. The molecule has 0 radical (unpaired) electrons. The van der Waals surface area contributed by atoms with Crippen molar-refractivity contribution in [2.45, 2.75) is 20.5 Å². The van der Waals surface area contributed by atoms with Crippen molar-refractivity contribution >= 4 is 15.6 Å². The lowest BCUT2D eigenvalue weighted by molar-refractivity contribution is 0.335. The van der Waals surface area contributed by atoms with Crippen molar-refractivity contribution in [1.29, 1.82) is 0 Å². The molecule has 0 atom stereocenters. The number of benzene rings is 2. The monoisotopic (exact) mass is 254 g/mol. The van der Waals surface area contributed by atoms with Gasteiger partial charge >= 0.3 is 0 Å². The summed E-state index contributed by atoms with van der Waals surface area (Å²) < 4.78 is 5.43. The van der Waals surface area contributed by atoms with Crippen molar-refractivity contribution in [3.05, 3.63) is 59.2 Å². The van der Waals surface area contributed by atoms with E-state index in [-0.39, 0.29) is 9.38 Å². The lowest BCUT2D eigenvalue weighted by Gasteiger charge is -2.09. The lowest BCUT2D eigenvalue weighted by atomic mass is 9.99. The van der Waals surface area contributed by atoms with Crippen LogP contribution in [0.25, 0.3) is 11.1 Å². The summed E-state index contributed by atoms with van der Waals surface area (Å²) >= 11 is 0. The van der Waals surface area contributed by atoms with E-state index in [1.807, 2.05) is 0 Å². The summed E-state index contributed by atoms with van der Waals surface area (Å²) in [4.78, 5) is 0. The normalized spacial score (nSPS) is 10.1. The standard InChI is InChI=1S/C16H18OSi/c1-12-4-6-14(7-5-12)15-8-9-16(11-17-18-3)13(2)10-15/h4-10,18H,3,11H2,1-2H3. The van der Waals surface area contributed by atoms with Crippen LogP contribution in [0.2, 0.25) is 0 Å². The van der Waals surface area contributed by atoms with Crippen molar-refractivity contribution in [3.8, 4) is 11.1 Å². The van der Waals surface area contributed by atoms with E-state index in [9.17, 15) is 0 Å². The summed E-state index contributed by atoms with van der Waals surface area (Å²) in [5.74, 6) is 0. The topological polar surface area (TPSA) is 9.23 Å². The summed E-state index contributed by atoms with van der Waals surface area (Å²) in [6.07, 6.45) is 3.76. The predicted molar refractivity (Wildman–Crippen MR) is 80.4 cm³/mol. The molecule has 0 unspecified atom stereocenters. The van der Waals surface area contributed by atoms with E-state index in [1.165, 1.54) is 27.8 Å². The van der Waals surface area contributed by atoms with Crippen LogP contribution in [-0.2, 0) is 11.0 Å². The average molecular weight is 254 g/mol. The van der Waals surface area contributed by atoms with Gasteiger partial charge in [-0.1, -0.05) is 54.2 Å². The molecule has 0 saturated heterocycles. The summed E-state index contributed by atoms with van der Waals surface area (Å²) in [7, 11) is -0.131. The van der Waals surface area contributed by atoms with Crippen LogP contribution in [0.4, 0.5) is 0 Å². The molecule has 0 bridgehead atoms. The zero-order chi connectivity index (χ0) is 13.0. The van der Waals surface area contributed by atoms with Gasteiger partial charge < -0.3 is 4.43 Å². The molecule has 18 heavy (non-hydrogen) atoms. The van der Waals surface area contributed by atoms with E-state index in [0.29, 0.717) is 6.61 Å². The Hall–Kier alpha value is -1.67. The van der Waals surface area contributed by atoms with Crippen LogP contribution in [0.15, 0.2) is 42.5 Å². The van der Waals surface area contributed by atoms with Crippen LogP contribution >= 0.6 is 0 Å². The molecule has 2 aromatic rings. The highest BCUT2D eigenvalue weighted by atomic mass is 28.2. The molecule has 92 valence electrons. The Morgan fingerprint density at radius 1 is 1.00 bits per heavy atom. The van der Waals surface area contributed by atoms with Crippen molar-refractivity contribution in [2.24, 2.45) is 0 Å². The van der Waals surface area contributed by atoms with E-state index in [0.717, 1.165) is 0 Å². The van der Waals surface area contributed by atoms with Gasteiger partial charge in [0.2, 0.25) is 9.38 Å². The molecular formula is C16H18OSi. The molecule has 0 N–H and O–H groups in total. The zero-order valence-corrected chi connectivity index (χ0v) is 12.1. The zero-order valence-electron chi connectivity index (χ0n) is 10.9. The molecule has 0 amide bonds. The number of aryl methyl sites for hydroxylation is 2. The van der Waals surface area contributed by atoms with Crippen molar-refractivity contribution in [3.63, 3.8) is 0 Å². The fourth-order valence-electron chi connectivity index (χ4n) is 1.93. The van der Waals surface area contributed by atoms with Crippen molar-refractivity contribution in [2.75, 3.05) is 0 Å². The second kappa shape index (κ2) is 5.78. The van der Waals surface area contributed by atoms with Gasteiger partial charge in [-0.3, -0.25) is 0 Å². The highest BCUT2D eigenvalue weighted by molar-refractivity contribution is 6.33. The molecular weight excluding hydrogens is 236 g/mol. The third-order valence-electron chi connectivity index (χ3n) is 3.08. The maximum Gasteiger partial charge on any atom is 0.208 e. The second-order valence-electron chi connectivity index (χ2n) is 4.48. The Balaban J connectivity index is 2.28. The smallest absolute Gasteiger partial charge is 0.208 e. The molecule has 2 aromatic carbocycles. The number of rotatable bonds is 4. The van der Waals surface area contributed by atoms with Gasteiger partial charge in [0.25, 0.3) is 0 Å². The van der Waals surface area contributed by atoms with Gasteiger partial charge in [-0.2, -0.15) is 0 Å². The molecule has 2 heteroatoms. The molecule has 0 saturated carbocycles. The summed E-state index contributed by atoms with van der Waals surface area (Å²) in [6, 6.07) is 15.2. The van der Waals surface area contributed by atoms with E-state index < -0.39 is 0 Å². The first-order valence-electron chi connectivity index (χ1n) is 6.10. The molecule has 0 fully saturated rings. The van der Waals surface area contributed by atoms with Crippen LogP contribution in [0, 0.1) is 13.8 Å². The van der Waals surface area contributed by atoms with Crippen LogP contribution in [0.1, 0.15) is 16.7 Å². The summed E-state index contributed by atoms with van der Waals surface area (Å²) in [5.41, 5.74) is 6.35. The fourth-order valence-corrected chi connectivity index (χ4v) is 2.23. The molecule has 0 spiro atoms. The third kappa shape index (κ3) is 2.96. The van der Waals surface area contributed by atoms with Crippen LogP contribution in [0.3, 0.4) is 0 Å². The molecule has 0 aliphatic heterocycles. The van der Waals surface area contributed by atoms with Gasteiger partial charge in [-0.05, 0) is 36.1 Å². The molecule has 2 rings (SSSR count). The van der Waals surface area contributed by atoms with Crippen LogP contribution in [0.5, 0.6) is 0 Å².